The molecule has 0 aromatic heterocycles. The molecule has 0 saturated heterocycles. The molecule has 114 valence electrons. The summed E-state index contributed by atoms with van der Waals surface area (Å²) >= 11 is 0. The molecule has 2 N–H and O–H groups in total. The van der Waals surface area contributed by atoms with Crippen LogP contribution in [0.25, 0.3) is 10.8 Å². The van der Waals surface area contributed by atoms with Crippen molar-refractivity contribution in [3.63, 3.8) is 0 Å². The van der Waals surface area contributed by atoms with Crippen LogP contribution in [0.3, 0.4) is 0 Å². The summed E-state index contributed by atoms with van der Waals surface area (Å²) in [6.45, 7) is 1.52. The second-order valence-corrected chi connectivity index (χ2v) is 5.51. The minimum atomic E-state index is -0.890. The predicted molar refractivity (Wildman–Crippen MR) is 81.7 cm³/mol. The largest absolute Gasteiger partial charge is 0.506 e. The van der Waals surface area contributed by atoms with E-state index in [-0.39, 0.29) is 23.3 Å². The molecular formula is C17H17NO4. The molecule has 0 radical (unpaired) electrons. The minimum absolute atomic E-state index is 0.0600. The van der Waals surface area contributed by atoms with Crippen LogP contribution in [0, 0.1) is 0 Å². The van der Waals surface area contributed by atoms with Gasteiger partial charge in [-0.05, 0) is 31.2 Å². The van der Waals surface area contributed by atoms with Crippen LogP contribution in [0.15, 0.2) is 36.4 Å². The molecule has 0 aliphatic heterocycles. The van der Waals surface area contributed by atoms with E-state index in [1.165, 1.54) is 13.0 Å². The first kappa shape index (κ1) is 14.4. The maximum absolute atomic E-state index is 12.2. The number of nitrogens with one attached hydrogen (secondary N) is 1. The molecule has 0 unspecified atom stereocenters. The lowest BCUT2D eigenvalue weighted by atomic mass is 10.1. The molecule has 0 bridgehead atoms. The number of benzene rings is 2. The lowest BCUT2D eigenvalue weighted by Gasteiger charge is -2.14. The van der Waals surface area contributed by atoms with Crippen molar-refractivity contribution < 1.29 is 19.4 Å². The van der Waals surface area contributed by atoms with Gasteiger partial charge in [0.25, 0.3) is 5.91 Å². The fraction of sp³-hybridized carbons (Fsp3) is 0.294. The van der Waals surface area contributed by atoms with Gasteiger partial charge in [0.2, 0.25) is 0 Å². The molecule has 2 aromatic rings. The van der Waals surface area contributed by atoms with Crippen LogP contribution in [-0.2, 0) is 9.53 Å². The summed E-state index contributed by atoms with van der Waals surface area (Å²) in [6.07, 6.45) is 1.05. The lowest BCUT2D eigenvalue weighted by molar-refractivity contribution is -0.129. The first-order valence-electron chi connectivity index (χ1n) is 7.28. The minimum Gasteiger partial charge on any atom is -0.506 e. The number of rotatable bonds is 4. The van der Waals surface area contributed by atoms with Gasteiger partial charge >= 0.3 is 5.97 Å². The standard InChI is InChI=1S/C17H17NO4/c1-10(16(20)18-12-7-8-12)22-17(21)14-9-6-11-4-2-3-5-13(11)15(14)19/h2-6,9-10,12,19H,7-8H2,1H3,(H,18,20)/t10-/m0/s1. The zero-order valence-electron chi connectivity index (χ0n) is 12.2. The second-order valence-electron chi connectivity index (χ2n) is 5.51. The molecule has 22 heavy (non-hydrogen) atoms. The monoisotopic (exact) mass is 299 g/mol. The Morgan fingerprint density at radius 2 is 1.95 bits per heavy atom. The fourth-order valence-electron chi connectivity index (χ4n) is 2.24. The topological polar surface area (TPSA) is 75.6 Å². The molecule has 1 atom stereocenters. The van der Waals surface area contributed by atoms with Gasteiger partial charge in [0.1, 0.15) is 11.3 Å². The molecule has 1 aliphatic rings. The van der Waals surface area contributed by atoms with Crippen LogP contribution in [0.5, 0.6) is 5.75 Å². The Balaban J connectivity index is 1.76. The number of carbonyl (C=O) groups excluding carboxylic acids is 2. The highest BCUT2D eigenvalue weighted by Crippen LogP contribution is 2.29. The third-order valence-electron chi connectivity index (χ3n) is 3.70. The Morgan fingerprint density at radius 1 is 1.23 bits per heavy atom. The van der Waals surface area contributed by atoms with Crippen molar-refractivity contribution in [2.75, 3.05) is 0 Å². The number of phenols is 1. The van der Waals surface area contributed by atoms with E-state index in [4.69, 9.17) is 4.74 Å². The third-order valence-corrected chi connectivity index (χ3v) is 3.70. The van der Waals surface area contributed by atoms with E-state index in [1.807, 2.05) is 12.1 Å². The average molecular weight is 299 g/mol. The Hall–Kier alpha value is -2.56. The van der Waals surface area contributed by atoms with Crippen molar-refractivity contribution in [2.45, 2.75) is 31.9 Å². The highest BCUT2D eigenvalue weighted by molar-refractivity contribution is 6.01. The van der Waals surface area contributed by atoms with E-state index >= 15 is 0 Å². The molecule has 5 heteroatoms. The van der Waals surface area contributed by atoms with Crippen LogP contribution >= 0.6 is 0 Å². The molecule has 1 aliphatic carbocycles. The number of phenolic OH excluding ortho intramolecular Hbond substituents is 1. The van der Waals surface area contributed by atoms with Crippen molar-refractivity contribution in [1.29, 1.82) is 0 Å². The van der Waals surface area contributed by atoms with Gasteiger partial charge in [-0.2, -0.15) is 0 Å². The van der Waals surface area contributed by atoms with Crippen LogP contribution in [-0.4, -0.2) is 29.1 Å². The molecule has 2 aromatic carbocycles. The molecule has 0 spiro atoms. The number of ether oxygens (including phenoxy) is 1. The first-order valence-corrected chi connectivity index (χ1v) is 7.28. The zero-order chi connectivity index (χ0) is 15.7. The molecule has 0 heterocycles. The van der Waals surface area contributed by atoms with Gasteiger partial charge < -0.3 is 15.2 Å². The van der Waals surface area contributed by atoms with Gasteiger partial charge in [0.15, 0.2) is 6.10 Å². The summed E-state index contributed by atoms with van der Waals surface area (Å²) in [5.74, 6) is -1.14. The van der Waals surface area contributed by atoms with Crippen molar-refractivity contribution in [2.24, 2.45) is 0 Å². The summed E-state index contributed by atoms with van der Waals surface area (Å²) < 4.78 is 5.15. The first-order chi connectivity index (χ1) is 10.6. The number of amides is 1. The molecule has 5 nitrogen and oxygen atoms in total. The smallest absolute Gasteiger partial charge is 0.342 e. The van der Waals surface area contributed by atoms with E-state index in [0.29, 0.717) is 5.39 Å². The van der Waals surface area contributed by atoms with Gasteiger partial charge in [0, 0.05) is 11.4 Å². The fourth-order valence-corrected chi connectivity index (χ4v) is 2.24. The van der Waals surface area contributed by atoms with Crippen LogP contribution in [0.4, 0.5) is 0 Å². The number of aromatic hydroxyl groups is 1. The Morgan fingerprint density at radius 3 is 2.68 bits per heavy atom. The Labute approximate surface area is 127 Å². The maximum atomic E-state index is 12.2. The van der Waals surface area contributed by atoms with Crippen LogP contribution in [0.1, 0.15) is 30.1 Å². The van der Waals surface area contributed by atoms with E-state index in [2.05, 4.69) is 5.32 Å². The SMILES string of the molecule is C[C@H](OC(=O)c1ccc2ccccc2c1O)C(=O)NC1CC1. The lowest BCUT2D eigenvalue weighted by Crippen LogP contribution is -2.37. The van der Waals surface area contributed by atoms with Gasteiger partial charge in [-0.3, -0.25) is 4.79 Å². The summed E-state index contributed by atoms with van der Waals surface area (Å²) in [5, 5.41) is 14.4. The second kappa shape index (κ2) is 5.67. The average Bonchev–Trinajstić information content (AvgIpc) is 3.31. The number of hydrogen-bond acceptors (Lipinski definition) is 4. The molecule has 1 saturated carbocycles. The van der Waals surface area contributed by atoms with E-state index in [1.54, 1.807) is 18.2 Å². The number of carbonyl (C=O) groups is 2. The van der Waals surface area contributed by atoms with Gasteiger partial charge in [-0.1, -0.05) is 30.3 Å². The van der Waals surface area contributed by atoms with Gasteiger partial charge in [-0.15, -0.1) is 0 Å². The number of hydrogen-bond donors (Lipinski definition) is 2. The van der Waals surface area contributed by atoms with E-state index in [9.17, 15) is 14.7 Å². The normalized spacial score (nSPS) is 15.3. The quantitative estimate of drug-likeness (QED) is 0.850. The molecule has 1 fully saturated rings. The van der Waals surface area contributed by atoms with Gasteiger partial charge in [-0.25, -0.2) is 4.79 Å². The summed E-state index contributed by atoms with van der Waals surface area (Å²) in [6, 6.07) is 10.7. The molecule has 3 rings (SSSR count). The van der Waals surface area contributed by atoms with Gasteiger partial charge in [0.05, 0.1) is 0 Å². The summed E-state index contributed by atoms with van der Waals surface area (Å²) in [7, 11) is 0. The van der Waals surface area contributed by atoms with Crippen molar-refractivity contribution >= 4 is 22.6 Å². The predicted octanol–water partition coefficient (Wildman–Crippen LogP) is 2.37. The number of fused-ring (bicyclic) bond motifs is 1. The zero-order valence-corrected chi connectivity index (χ0v) is 12.2. The van der Waals surface area contributed by atoms with Crippen molar-refractivity contribution in [3.05, 3.63) is 42.0 Å². The Bertz CT molecular complexity index is 737. The summed E-state index contributed by atoms with van der Waals surface area (Å²) in [5.41, 5.74) is 0.0600. The van der Waals surface area contributed by atoms with Crippen LogP contribution < -0.4 is 5.32 Å². The van der Waals surface area contributed by atoms with Crippen LogP contribution in [0.2, 0.25) is 0 Å². The highest BCUT2D eigenvalue weighted by atomic mass is 16.5. The maximum Gasteiger partial charge on any atom is 0.342 e. The third kappa shape index (κ3) is 2.88. The Kier molecular flexibility index (Phi) is 3.71. The van der Waals surface area contributed by atoms with Crippen molar-refractivity contribution in [3.8, 4) is 5.75 Å². The highest BCUT2D eigenvalue weighted by Gasteiger charge is 2.28. The van der Waals surface area contributed by atoms with Crippen molar-refractivity contribution in [1.82, 2.24) is 5.32 Å². The molecular weight excluding hydrogens is 282 g/mol. The number of esters is 1. The van der Waals surface area contributed by atoms with E-state index in [0.717, 1.165) is 18.2 Å². The summed E-state index contributed by atoms with van der Waals surface area (Å²) in [4.78, 5) is 24.0. The molecule has 1 amide bonds. The van der Waals surface area contributed by atoms with E-state index < -0.39 is 12.1 Å².